The summed E-state index contributed by atoms with van der Waals surface area (Å²) in [6, 6.07) is 17.5. The maximum absolute atomic E-state index is 13.0. The Morgan fingerprint density at radius 1 is 0.939 bits per heavy atom. The van der Waals surface area contributed by atoms with Gasteiger partial charge in [-0.1, -0.05) is 24.3 Å². The number of carbonyl (C=O) groups is 2. The fourth-order valence-corrected chi connectivity index (χ4v) is 3.29. The van der Waals surface area contributed by atoms with E-state index in [1.54, 1.807) is 36.4 Å². The number of ether oxygens (including phenoxy) is 1. The van der Waals surface area contributed by atoms with Gasteiger partial charge in [0.15, 0.2) is 5.11 Å². The van der Waals surface area contributed by atoms with Crippen molar-refractivity contribution in [2.75, 3.05) is 4.90 Å². The van der Waals surface area contributed by atoms with E-state index in [1.807, 2.05) is 18.2 Å². The first-order chi connectivity index (χ1) is 15.7. The largest absolute Gasteiger partial charge is 0.457 e. The van der Waals surface area contributed by atoms with Crippen LogP contribution >= 0.6 is 12.2 Å². The minimum absolute atomic E-state index is 0.121. The van der Waals surface area contributed by atoms with Crippen LogP contribution < -0.4 is 15.0 Å². The number of aromatic nitrogens is 1. The van der Waals surface area contributed by atoms with Crippen molar-refractivity contribution in [2.45, 2.75) is 6.18 Å². The number of halogens is 3. The summed E-state index contributed by atoms with van der Waals surface area (Å²) in [5.74, 6) is -0.320. The maximum atomic E-state index is 13.0. The lowest BCUT2D eigenvalue weighted by molar-refractivity contribution is -0.141. The van der Waals surface area contributed by atoms with Gasteiger partial charge in [-0.05, 0) is 66.3 Å². The summed E-state index contributed by atoms with van der Waals surface area (Å²) in [6.45, 7) is 0. The van der Waals surface area contributed by atoms with Crippen LogP contribution in [0.3, 0.4) is 0 Å². The molecule has 1 aliphatic rings. The van der Waals surface area contributed by atoms with Gasteiger partial charge in [0.1, 0.15) is 22.8 Å². The van der Waals surface area contributed by atoms with Gasteiger partial charge in [-0.25, -0.2) is 0 Å². The molecular formula is C23H14F3N3O3S. The molecule has 1 fully saturated rings. The van der Waals surface area contributed by atoms with E-state index in [2.05, 4.69) is 10.3 Å². The molecule has 0 unspecified atom stereocenters. The van der Waals surface area contributed by atoms with Crippen LogP contribution in [0.4, 0.5) is 18.9 Å². The van der Waals surface area contributed by atoms with Crippen molar-refractivity contribution >= 4 is 40.9 Å². The van der Waals surface area contributed by atoms with Crippen LogP contribution in [0, 0.1) is 0 Å². The molecule has 2 amide bonds. The smallest absolute Gasteiger partial charge is 0.433 e. The van der Waals surface area contributed by atoms with Crippen molar-refractivity contribution in [3.8, 4) is 11.5 Å². The minimum Gasteiger partial charge on any atom is -0.457 e. The van der Waals surface area contributed by atoms with E-state index >= 15 is 0 Å². The third-order valence-electron chi connectivity index (χ3n) is 4.56. The first-order valence-corrected chi connectivity index (χ1v) is 9.91. The van der Waals surface area contributed by atoms with Crippen LogP contribution in [0.25, 0.3) is 6.08 Å². The Bertz CT molecular complexity index is 1240. The Labute approximate surface area is 191 Å². The van der Waals surface area contributed by atoms with Gasteiger partial charge in [-0.3, -0.25) is 24.8 Å². The number of hydrogen-bond acceptors (Lipinski definition) is 5. The lowest BCUT2D eigenvalue weighted by Gasteiger charge is -2.29. The molecule has 0 saturated carbocycles. The van der Waals surface area contributed by atoms with E-state index in [4.69, 9.17) is 17.0 Å². The summed E-state index contributed by atoms with van der Waals surface area (Å²) in [5.41, 5.74) is -0.845. The van der Waals surface area contributed by atoms with Crippen molar-refractivity contribution in [1.82, 2.24) is 10.3 Å². The van der Waals surface area contributed by atoms with E-state index in [-0.39, 0.29) is 16.2 Å². The molecule has 0 radical (unpaired) electrons. The lowest BCUT2D eigenvalue weighted by Crippen LogP contribution is -2.54. The van der Waals surface area contributed by atoms with E-state index in [0.29, 0.717) is 17.2 Å². The molecule has 6 nitrogen and oxygen atoms in total. The molecule has 1 N–H and O–H groups in total. The summed E-state index contributed by atoms with van der Waals surface area (Å²) in [4.78, 5) is 29.8. The van der Waals surface area contributed by atoms with Crippen LogP contribution in [0.15, 0.2) is 78.5 Å². The molecule has 0 atom stereocenters. The summed E-state index contributed by atoms with van der Waals surface area (Å²) >= 11 is 5.15. The lowest BCUT2D eigenvalue weighted by atomic mass is 10.1. The van der Waals surface area contributed by atoms with Gasteiger partial charge in [-0.2, -0.15) is 13.2 Å². The van der Waals surface area contributed by atoms with Gasteiger partial charge >= 0.3 is 6.18 Å². The van der Waals surface area contributed by atoms with Crippen molar-refractivity contribution < 1.29 is 27.5 Å². The van der Waals surface area contributed by atoms with E-state index < -0.39 is 23.7 Å². The Kier molecular flexibility index (Phi) is 5.93. The fraction of sp³-hybridized carbons (Fsp3) is 0.0435. The van der Waals surface area contributed by atoms with E-state index in [1.165, 1.54) is 0 Å². The molecule has 0 spiro atoms. The molecule has 2 aromatic carbocycles. The SMILES string of the molecule is O=C1NC(=S)N(c2ccc(Oc3ccccc3)cc2)C(=O)/C1=C/c1ccc(C(F)(F)F)nc1. The monoisotopic (exact) mass is 469 g/mol. The number of pyridine rings is 1. The number of rotatable bonds is 4. The summed E-state index contributed by atoms with van der Waals surface area (Å²) in [5, 5.41) is 2.30. The molecule has 2 heterocycles. The predicted octanol–water partition coefficient (Wildman–Crippen LogP) is 4.72. The molecule has 1 aromatic heterocycles. The first kappa shape index (κ1) is 22.2. The predicted molar refractivity (Wildman–Crippen MR) is 118 cm³/mol. The van der Waals surface area contributed by atoms with Crippen LogP contribution in [0.5, 0.6) is 11.5 Å². The highest BCUT2D eigenvalue weighted by atomic mass is 32.1. The topological polar surface area (TPSA) is 71.5 Å². The fourth-order valence-electron chi connectivity index (χ4n) is 3.00. The Morgan fingerprint density at radius 3 is 2.21 bits per heavy atom. The number of nitrogens with one attached hydrogen (secondary N) is 1. The van der Waals surface area contributed by atoms with Gasteiger partial charge in [0.2, 0.25) is 0 Å². The quantitative estimate of drug-likeness (QED) is 0.340. The Balaban J connectivity index is 1.58. The first-order valence-electron chi connectivity index (χ1n) is 9.50. The van der Waals surface area contributed by atoms with Crippen molar-refractivity contribution in [2.24, 2.45) is 0 Å². The van der Waals surface area contributed by atoms with Crippen LogP contribution in [0.1, 0.15) is 11.3 Å². The van der Waals surface area contributed by atoms with Gasteiger partial charge in [0.05, 0.1) is 5.69 Å². The average molecular weight is 469 g/mol. The molecule has 4 rings (SSSR count). The molecule has 0 bridgehead atoms. The highest BCUT2D eigenvalue weighted by Crippen LogP contribution is 2.29. The molecule has 10 heteroatoms. The van der Waals surface area contributed by atoms with Crippen LogP contribution in [0.2, 0.25) is 0 Å². The second-order valence-electron chi connectivity index (χ2n) is 6.84. The van der Waals surface area contributed by atoms with Gasteiger partial charge < -0.3 is 4.74 Å². The molecule has 1 aliphatic heterocycles. The number of thiocarbonyl (C=S) groups is 1. The van der Waals surface area contributed by atoms with Crippen molar-refractivity contribution in [3.63, 3.8) is 0 Å². The van der Waals surface area contributed by atoms with E-state index in [9.17, 15) is 22.8 Å². The van der Waals surface area contributed by atoms with Gasteiger partial charge in [0, 0.05) is 6.20 Å². The highest BCUT2D eigenvalue weighted by Gasteiger charge is 2.35. The van der Waals surface area contributed by atoms with Crippen molar-refractivity contribution in [3.05, 3.63) is 89.8 Å². The number of nitrogens with zero attached hydrogens (tertiary/aromatic N) is 2. The highest BCUT2D eigenvalue weighted by molar-refractivity contribution is 7.80. The Hall–Kier alpha value is -4.05. The minimum atomic E-state index is -4.59. The molecule has 3 aromatic rings. The zero-order valence-electron chi connectivity index (χ0n) is 16.7. The van der Waals surface area contributed by atoms with Gasteiger partial charge in [0.25, 0.3) is 11.8 Å². The average Bonchev–Trinajstić information content (AvgIpc) is 2.78. The maximum Gasteiger partial charge on any atom is 0.433 e. The van der Waals surface area contributed by atoms with Gasteiger partial charge in [-0.15, -0.1) is 0 Å². The third-order valence-corrected chi connectivity index (χ3v) is 4.85. The standard InChI is InChI=1S/C23H14F3N3O3S/c24-23(25,26)19-11-6-14(13-27-19)12-18-20(30)28-22(33)29(21(18)31)15-7-9-17(10-8-15)32-16-4-2-1-3-5-16/h1-13H,(H,28,30,33)/b18-12+. The number of para-hydroxylation sites is 1. The van der Waals surface area contributed by atoms with Crippen LogP contribution in [-0.2, 0) is 15.8 Å². The molecular weight excluding hydrogens is 455 g/mol. The second kappa shape index (κ2) is 8.83. The zero-order valence-corrected chi connectivity index (χ0v) is 17.5. The number of alkyl halides is 3. The number of carbonyl (C=O) groups excluding carboxylic acids is 2. The number of benzene rings is 2. The molecule has 166 valence electrons. The second-order valence-corrected chi connectivity index (χ2v) is 7.23. The summed E-state index contributed by atoms with van der Waals surface area (Å²) in [6.07, 6.45) is -2.50. The molecule has 0 aliphatic carbocycles. The number of anilines is 1. The summed E-state index contributed by atoms with van der Waals surface area (Å²) in [7, 11) is 0. The number of amides is 2. The normalized spacial score (nSPS) is 15.5. The Morgan fingerprint density at radius 2 is 1.61 bits per heavy atom. The van der Waals surface area contributed by atoms with Crippen LogP contribution in [-0.4, -0.2) is 21.9 Å². The van der Waals surface area contributed by atoms with Crippen molar-refractivity contribution in [1.29, 1.82) is 0 Å². The van der Waals surface area contributed by atoms with E-state index in [0.717, 1.165) is 29.3 Å². The molecule has 33 heavy (non-hydrogen) atoms. The third kappa shape index (κ3) is 4.90. The summed E-state index contributed by atoms with van der Waals surface area (Å²) < 4.78 is 43.8. The molecule has 1 saturated heterocycles. The number of hydrogen-bond donors (Lipinski definition) is 1. The zero-order chi connectivity index (χ0) is 23.6.